The van der Waals surface area contributed by atoms with Gasteiger partial charge in [0.1, 0.15) is 17.1 Å². The van der Waals surface area contributed by atoms with Crippen LogP contribution in [-0.2, 0) is 0 Å². The highest BCUT2D eigenvalue weighted by Gasteiger charge is 2.11. The molecule has 0 saturated carbocycles. The molecule has 0 bridgehead atoms. The topological polar surface area (TPSA) is 65.5 Å². The van der Waals surface area contributed by atoms with Crippen LogP contribution in [0, 0.1) is 10.1 Å². The lowest BCUT2D eigenvalue weighted by Gasteiger charge is -2.00. The number of fused-ring (bicyclic) bond motifs is 1. The Labute approximate surface area is 114 Å². The molecule has 0 aliphatic heterocycles. The third-order valence-corrected chi connectivity index (χ3v) is 3.09. The normalized spacial score (nSPS) is 10.7. The molecule has 0 fully saturated rings. The van der Waals surface area contributed by atoms with Crippen molar-refractivity contribution in [3.05, 3.63) is 58.6 Å². The highest BCUT2D eigenvalue weighted by atomic mass is 16.6. The molecule has 1 aromatic heterocycles. The van der Waals surface area contributed by atoms with E-state index in [0.717, 1.165) is 11.3 Å². The van der Waals surface area contributed by atoms with Crippen LogP contribution >= 0.6 is 0 Å². The summed E-state index contributed by atoms with van der Waals surface area (Å²) in [6.45, 7) is 0. The molecule has 3 aromatic rings. The highest BCUT2D eigenvalue weighted by molar-refractivity contribution is 5.84. The molecule has 0 saturated heterocycles. The van der Waals surface area contributed by atoms with Gasteiger partial charge in [-0.05, 0) is 36.4 Å². The summed E-state index contributed by atoms with van der Waals surface area (Å²) >= 11 is 0. The number of hydrogen-bond acceptors (Lipinski definition) is 4. The number of benzene rings is 2. The van der Waals surface area contributed by atoms with Crippen molar-refractivity contribution in [2.45, 2.75) is 0 Å². The summed E-state index contributed by atoms with van der Waals surface area (Å²) in [5.41, 5.74) is 1.57. The van der Waals surface area contributed by atoms with E-state index in [-0.39, 0.29) is 5.69 Å². The third-order valence-electron chi connectivity index (χ3n) is 3.09. The summed E-state index contributed by atoms with van der Waals surface area (Å²) in [5.74, 6) is 1.43. The Morgan fingerprint density at radius 2 is 1.85 bits per heavy atom. The molecule has 100 valence electrons. The largest absolute Gasteiger partial charge is 0.497 e. The van der Waals surface area contributed by atoms with Crippen molar-refractivity contribution < 1.29 is 14.1 Å². The molecule has 0 aliphatic carbocycles. The fourth-order valence-corrected chi connectivity index (χ4v) is 2.04. The Bertz CT molecular complexity index is 774. The van der Waals surface area contributed by atoms with E-state index in [9.17, 15) is 10.1 Å². The number of furan rings is 1. The van der Waals surface area contributed by atoms with Gasteiger partial charge in [-0.2, -0.15) is 0 Å². The lowest BCUT2D eigenvalue weighted by Crippen LogP contribution is -1.85. The number of rotatable bonds is 3. The minimum Gasteiger partial charge on any atom is -0.497 e. The minimum atomic E-state index is -0.417. The average molecular weight is 269 g/mol. The lowest BCUT2D eigenvalue weighted by molar-refractivity contribution is -0.384. The van der Waals surface area contributed by atoms with E-state index in [4.69, 9.17) is 9.15 Å². The highest BCUT2D eigenvalue weighted by Crippen LogP contribution is 2.30. The van der Waals surface area contributed by atoms with Gasteiger partial charge in [-0.15, -0.1) is 0 Å². The minimum absolute atomic E-state index is 0.0552. The molecule has 5 heteroatoms. The van der Waals surface area contributed by atoms with E-state index in [1.165, 1.54) is 12.1 Å². The molecule has 20 heavy (non-hydrogen) atoms. The molecule has 5 nitrogen and oxygen atoms in total. The number of methoxy groups -OCH3 is 1. The smallest absolute Gasteiger partial charge is 0.270 e. The number of nitro groups is 1. The number of nitrogens with zero attached hydrogens (tertiary/aromatic N) is 1. The van der Waals surface area contributed by atoms with Crippen molar-refractivity contribution in [3.63, 3.8) is 0 Å². The van der Waals surface area contributed by atoms with E-state index < -0.39 is 4.92 Å². The predicted molar refractivity (Wildman–Crippen MR) is 74.9 cm³/mol. The van der Waals surface area contributed by atoms with Crippen molar-refractivity contribution in [1.29, 1.82) is 0 Å². The zero-order chi connectivity index (χ0) is 14.1. The molecule has 0 radical (unpaired) electrons. The first-order chi connectivity index (χ1) is 9.67. The van der Waals surface area contributed by atoms with Gasteiger partial charge in [-0.3, -0.25) is 10.1 Å². The summed E-state index contributed by atoms with van der Waals surface area (Å²) in [6.07, 6.45) is 0. The van der Waals surface area contributed by atoms with E-state index in [1.807, 2.05) is 24.3 Å². The van der Waals surface area contributed by atoms with Crippen molar-refractivity contribution in [1.82, 2.24) is 0 Å². The molecule has 3 rings (SSSR count). The van der Waals surface area contributed by atoms with Gasteiger partial charge in [-0.1, -0.05) is 0 Å². The fraction of sp³-hybridized carbons (Fsp3) is 0.0667. The second-order valence-corrected chi connectivity index (χ2v) is 4.32. The maximum absolute atomic E-state index is 10.8. The van der Waals surface area contributed by atoms with Crippen LogP contribution in [0.25, 0.3) is 22.3 Å². The molecular formula is C15H11NO4. The molecule has 0 N–H and O–H groups in total. The Balaban J connectivity index is 2.05. The molecule has 0 atom stereocenters. The van der Waals surface area contributed by atoms with Crippen LogP contribution in [0.3, 0.4) is 0 Å². The maximum atomic E-state index is 10.8. The maximum Gasteiger partial charge on any atom is 0.270 e. The summed E-state index contributed by atoms with van der Waals surface area (Å²) in [4.78, 5) is 10.3. The van der Waals surface area contributed by atoms with Gasteiger partial charge >= 0.3 is 0 Å². The van der Waals surface area contributed by atoms with Crippen LogP contribution in [0.2, 0.25) is 0 Å². The zero-order valence-electron chi connectivity index (χ0n) is 10.7. The van der Waals surface area contributed by atoms with Gasteiger partial charge in [0.15, 0.2) is 0 Å². The molecule has 0 unspecified atom stereocenters. The number of hydrogen-bond donors (Lipinski definition) is 0. The van der Waals surface area contributed by atoms with Crippen LogP contribution in [0.4, 0.5) is 5.69 Å². The van der Waals surface area contributed by atoms with Gasteiger partial charge in [0, 0.05) is 23.1 Å². The third kappa shape index (κ3) is 2.09. The SMILES string of the molecule is COc1ccc(-c2cc3cc([N+](=O)[O-])ccc3o2)cc1. The van der Waals surface area contributed by atoms with Gasteiger partial charge in [0.25, 0.3) is 5.69 Å². The average Bonchev–Trinajstić information content (AvgIpc) is 2.90. The Kier molecular flexibility index (Phi) is 2.87. The molecular weight excluding hydrogens is 258 g/mol. The van der Waals surface area contributed by atoms with Crippen molar-refractivity contribution >= 4 is 16.7 Å². The van der Waals surface area contributed by atoms with E-state index in [0.29, 0.717) is 16.7 Å². The van der Waals surface area contributed by atoms with E-state index in [1.54, 1.807) is 19.2 Å². The first-order valence-electron chi connectivity index (χ1n) is 6.00. The molecule has 1 heterocycles. The first kappa shape index (κ1) is 12.2. The lowest BCUT2D eigenvalue weighted by atomic mass is 10.1. The Morgan fingerprint density at radius 1 is 1.10 bits per heavy atom. The molecule has 0 spiro atoms. The van der Waals surface area contributed by atoms with Gasteiger partial charge in [0.05, 0.1) is 12.0 Å². The molecule has 2 aromatic carbocycles. The number of non-ortho nitro benzene ring substituents is 1. The van der Waals surface area contributed by atoms with Crippen LogP contribution in [0.1, 0.15) is 0 Å². The van der Waals surface area contributed by atoms with Crippen LogP contribution in [-0.4, -0.2) is 12.0 Å². The predicted octanol–water partition coefficient (Wildman–Crippen LogP) is 4.02. The van der Waals surface area contributed by atoms with Gasteiger partial charge in [0.2, 0.25) is 0 Å². The summed E-state index contributed by atoms with van der Waals surface area (Å²) in [6, 6.07) is 13.8. The Morgan fingerprint density at radius 3 is 2.50 bits per heavy atom. The zero-order valence-corrected chi connectivity index (χ0v) is 10.7. The summed E-state index contributed by atoms with van der Waals surface area (Å²) < 4.78 is 10.8. The van der Waals surface area contributed by atoms with Crippen molar-refractivity contribution in [2.24, 2.45) is 0 Å². The van der Waals surface area contributed by atoms with Crippen LogP contribution in [0.5, 0.6) is 5.75 Å². The standard InChI is InChI=1S/C15H11NO4/c1-19-13-5-2-10(3-6-13)15-9-11-8-12(16(17)18)4-7-14(11)20-15/h2-9H,1H3. The van der Waals surface area contributed by atoms with Crippen LogP contribution in [0.15, 0.2) is 52.9 Å². The van der Waals surface area contributed by atoms with Crippen molar-refractivity contribution in [3.8, 4) is 17.1 Å². The number of nitro benzene ring substituents is 1. The van der Waals surface area contributed by atoms with Gasteiger partial charge < -0.3 is 9.15 Å². The van der Waals surface area contributed by atoms with E-state index in [2.05, 4.69) is 0 Å². The van der Waals surface area contributed by atoms with Gasteiger partial charge in [-0.25, -0.2) is 0 Å². The van der Waals surface area contributed by atoms with Crippen LogP contribution < -0.4 is 4.74 Å². The quantitative estimate of drug-likeness (QED) is 0.532. The summed E-state index contributed by atoms with van der Waals surface area (Å²) in [7, 11) is 1.61. The first-order valence-corrected chi connectivity index (χ1v) is 6.00. The second kappa shape index (κ2) is 4.70. The van der Waals surface area contributed by atoms with Crippen molar-refractivity contribution in [2.75, 3.05) is 7.11 Å². The number of ether oxygens (including phenoxy) is 1. The summed E-state index contributed by atoms with van der Waals surface area (Å²) in [5, 5.41) is 11.5. The Hall–Kier alpha value is -2.82. The fourth-order valence-electron chi connectivity index (χ4n) is 2.04. The second-order valence-electron chi connectivity index (χ2n) is 4.32. The van der Waals surface area contributed by atoms with E-state index >= 15 is 0 Å². The molecule has 0 aliphatic rings. The molecule has 0 amide bonds. The monoisotopic (exact) mass is 269 g/mol.